The fourth-order valence-electron chi connectivity index (χ4n) is 2.00. The molecular weight excluding hydrogens is 294 g/mol. The molecule has 0 saturated carbocycles. The topological polar surface area (TPSA) is 79.5 Å². The van der Waals surface area contributed by atoms with Crippen LogP contribution in [-0.2, 0) is 9.59 Å². The standard InChI is InChI=1S/C17H19N3O3/c1-12(21)19-14-6-3-5-13(9-14)18-11-17(22)20-15-7-4-8-16(10-15)23-2/h3-10,18H,11H2,1-2H3,(H,19,21)(H,20,22). The highest BCUT2D eigenvalue weighted by molar-refractivity contribution is 5.94. The van der Waals surface area contributed by atoms with Gasteiger partial charge in [0.05, 0.1) is 13.7 Å². The molecule has 0 bridgehead atoms. The number of methoxy groups -OCH3 is 1. The summed E-state index contributed by atoms with van der Waals surface area (Å²) >= 11 is 0. The maximum atomic E-state index is 12.0. The number of rotatable bonds is 6. The Morgan fingerprint density at radius 3 is 2.30 bits per heavy atom. The Labute approximate surface area is 134 Å². The number of benzene rings is 2. The zero-order valence-electron chi connectivity index (χ0n) is 13.1. The van der Waals surface area contributed by atoms with Gasteiger partial charge in [0.25, 0.3) is 0 Å². The van der Waals surface area contributed by atoms with Crippen LogP contribution in [0.1, 0.15) is 6.92 Å². The number of nitrogens with one attached hydrogen (secondary N) is 3. The first-order chi connectivity index (χ1) is 11.1. The van der Waals surface area contributed by atoms with Crippen molar-refractivity contribution >= 4 is 28.9 Å². The molecule has 0 aliphatic carbocycles. The molecule has 6 heteroatoms. The molecule has 2 aromatic rings. The van der Waals surface area contributed by atoms with Crippen molar-refractivity contribution in [2.75, 3.05) is 29.6 Å². The van der Waals surface area contributed by atoms with Crippen molar-refractivity contribution in [3.05, 3.63) is 48.5 Å². The van der Waals surface area contributed by atoms with Gasteiger partial charge in [0.1, 0.15) is 5.75 Å². The lowest BCUT2D eigenvalue weighted by Gasteiger charge is -2.10. The molecule has 0 aromatic heterocycles. The Kier molecular flexibility index (Phi) is 5.57. The number of hydrogen-bond acceptors (Lipinski definition) is 4. The summed E-state index contributed by atoms with van der Waals surface area (Å²) in [5, 5.41) is 8.49. The molecular formula is C17H19N3O3. The molecule has 0 radical (unpaired) electrons. The van der Waals surface area contributed by atoms with Gasteiger partial charge in [-0.3, -0.25) is 9.59 Å². The van der Waals surface area contributed by atoms with Crippen molar-refractivity contribution in [1.82, 2.24) is 0 Å². The van der Waals surface area contributed by atoms with E-state index < -0.39 is 0 Å². The molecule has 0 heterocycles. The Balaban J connectivity index is 1.90. The zero-order valence-corrected chi connectivity index (χ0v) is 13.1. The van der Waals surface area contributed by atoms with Crippen LogP contribution in [0.5, 0.6) is 5.75 Å². The van der Waals surface area contributed by atoms with E-state index in [0.29, 0.717) is 17.1 Å². The minimum absolute atomic E-state index is 0.112. The van der Waals surface area contributed by atoms with Crippen molar-refractivity contribution in [2.24, 2.45) is 0 Å². The largest absolute Gasteiger partial charge is 0.497 e. The molecule has 0 unspecified atom stereocenters. The predicted octanol–water partition coefficient (Wildman–Crippen LogP) is 2.70. The van der Waals surface area contributed by atoms with Crippen LogP contribution in [0.25, 0.3) is 0 Å². The lowest BCUT2D eigenvalue weighted by atomic mass is 10.2. The number of amides is 2. The van der Waals surface area contributed by atoms with E-state index in [1.54, 1.807) is 49.6 Å². The van der Waals surface area contributed by atoms with Gasteiger partial charge in [-0.25, -0.2) is 0 Å². The minimum Gasteiger partial charge on any atom is -0.497 e. The van der Waals surface area contributed by atoms with Gasteiger partial charge >= 0.3 is 0 Å². The summed E-state index contributed by atoms with van der Waals surface area (Å²) in [6, 6.07) is 14.3. The van der Waals surface area contributed by atoms with Gasteiger partial charge in [0, 0.05) is 30.1 Å². The van der Waals surface area contributed by atoms with Crippen LogP contribution in [0, 0.1) is 0 Å². The Morgan fingerprint density at radius 2 is 1.61 bits per heavy atom. The predicted molar refractivity (Wildman–Crippen MR) is 90.9 cm³/mol. The first kappa shape index (κ1) is 16.4. The summed E-state index contributed by atoms with van der Waals surface area (Å²) in [4.78, 5) is 23.0. The third-order valence-electron chi connectivity index (χ3n) is 2.99. The summed E-state index contributed by atoms with van der Waals surface area (Å²) in [5.74, 6) is 0.361. The van der Waals surface area contributed by atoms with E-state index in [9.17, 15) is 9.59 Å². The maximum absolute atomic E-state index is 12.0. The van der Waals surface area contributed by atoms with Gasteiger partial charge in [-0.05, 0) is 30.3 Å². The molecule has 2 rings (SSSR count). The van der Waals surface area contributed by atoms with Crippen LogP contribution in [0.3, 0.4) is 0 Å². The van der Waals surface area contributed by atoms with Crippen LogP contribution in [0.4, 0.5) is 17.1 Å². The molecule has 0 fully saturated rings. The quantitative estimate of drug-likeness (QED) is 0.766. The molecule has 2 amide bonds. The van der Waals surface area contributed by atoms with Crippen LogP contribution >= 0.6 is 0 Å². The minimum atomic E-state index is -0.178. The maximum Gasteiger partial charge on any atom is 0.243 e. The zero-order chi connectivity index (χ0) is 16.7. The molecule has 120 valence electrons. The second-order valence-electron chi connectivity index (χ2n) is 4.90. The van der Waals surface area contributed by atoms with Crippen molar-refractivity contribution in [1.29, 1.82) is 0 Å². The average molecular weight is 313 g/mol. The van der Waals surface area contributed by atoms with Crippen molar-refractivity contribution in [3.63, 3.8) is 0 Å². The van der Waals surface area contributed by atoms with Crippen molar-refractivity contribution in [2.45, 2.75) is 6.92 Å². The second kappa shape index (κ2) is 7.84. The van der Waals surface area contributed by atoms with Crippen molar-refractivity contribution in [3.8, 4) is 5.75 Å². The first-order valence-corrected chi connectivity index (χ1v) is 7.12. The number of anilines is 3. The number of carbonyl (C=O) groups is 2. The fraction of sp³-hybridized carbons (Fsp3) is 0.176. The van der Waals surface area contributed by atoms with Crippen LogP contribution in [0.2, 0.25) is 0 Å². The van der Waals surface area contributed by atoms with Gasteiger partial charge in [0.2, 0.25) is 11.8 Å². The summed E-state index contributed by atoms with van der Waals surface area (Å²) < 4.78 is 5.11. The lowest BCUT2D eigenvalue weighted by Crippen LogP contribution is -2.21. The number of ether oxygens (including phenoxy) is 1. The van der Waals surface area contributed by atoms with Crippen LogP contribution in [-0.4, -0.2) is 25.5 Å². The highest BCUT2D eigenvalue weighted by atomic mass is 16.5. The number of carbonyl (C=O) groups excluding carboxylic acids is 2. The Morgan fingerprint density at radius 1 is 0.957 bits per heavy atom. The monoisotopic (exact) mass is 313 g/mol. The van der Waals surface area contributed by atoms with E-state index in [0.717, 1.165) is 5.69 Å². The van der Waals surface area contributed by atoms with E-state index in [4.69, 9.17) is 4.74 Å². The van der Waals surface area contributed by atoms with E-state index in [1.165, 1.54) is 6.92 Å². The summed E-state index contributed by atoms with van der Waals surface area (Å²) in [7, 11) is 1.57. The summed E-state index contributed by atoms with van der Waals surface area (Å²) in [5.41, 5.74) is 2.09. The van der Waals surface area contributed by atoms with Gasteiger partial charge in [-0.1, -0.05) is 12.1 Å². The molecule has 0 spiro atoms. The summed E-state index contributed by atoms with van der Waals surface area (Å²) in [6.45, 7) is 1.56. The van der Waals surface area contributed by atoms with Crippen LogP contribution in [0.15, 0.2) is 48.5 Å². The highest BCUT2D eigenvalue weighted by Gasteiger charge is 2.04. The molecule has 2 aromatic carbocycles. The van der Waals surface area contributed by atoms with Gasteiger partial charge in [-0.15, -0.1) is 0 Å². The first-order valence-electron chi connectivity index (χ1n) is 7.12. The van der Waals surface area contributed by atoms with E-state index >= 15 is 0 Å². The molecule has 6 nitrogen and oxygen atoms in total. The Bertz CT molecular complexity index is 701. The van der Waals surface area contributed by atoms with Crippen molar-refractivity contribution < 1.29 is 14.3 Å². The Hall–Kier alpha value is -3.02. The van der Waals surface area contributed by atoms with E-state index in [1.807, 2.05) is 6.07 Å². The molecule has 0 aliphatic rings. The van der Waals surface area contributed by atoms with E-state index in [-0.39, 0.29) is 18.4 Å². The highest BCUT2D eigenvalue weighted by Crippen LogP contribution is 2.17. The smallest absolute Gasteiger partial charge is 0.243 e. The van der Waals surface area contributed by atoms with Crippen LogP contribution < -0.4 is 20.7 Å². The van der Waals surface area contributed by atoms with E-state index in [2.05, 4.69) is 16.0 Å². The molecule has 0 aliphatic heterocycles. The molecule has 0 saturated heterocycles. The fourth-order valence-corrected chi connectivity index (χ4v) is 2.00. The van der Waals surface area contributed by atoms with Gasteiger partial charge in [-0.2, -0.15) is 0 Å². The second-order valence-corrected chi connectivity index (χ2v) is 4.90. The molecule has 0 atom stereocenters. The molecule has 3 N–H and O–H groups in total. The SMILES string of the molecule is COc1cccc(NC(=O)CNc2cccc(NC(C)=O)c2)c1. The normalized spacial score (nSPS) is 9.83. The van der Waals surface area contributed by atoms with Gasteiger partial charge in [0.15, 0.2) is 0 Å². The van der Waals surface area contributed by atoms with Gasteiger partial charge < -0.3 is 20.7 Å². The lowest BCUT2D eigenvalue weighted by molar-refractivity contribution is -0.115. The average Bonchev–Trinajstić information content (AvgIpc) is 2.53. The third kappa shape index (κ3) is 5.35. The molecule has 23 heavy (non-hydrogen) atoms. The summed E-state index contributed by atoms with van der Waals surface area (Å²) in [6.07, 6.45) is 0. The number of hydrogen-bond donors (Lipinski definition) is 3. The third-order valence-corrected chi connectivity index (χ3v) is 2.99.